The number of nitrogens with zero attached hydrogens (tertiary/aromatic N) is 2. The zero-order chi connectivity index (χ0) is 24.2. The van der Waals surface area contributed by atoms with Gasteiger partial charge in [-0.15, -0.1) is 6.42 Å². The van der Waals surface area contributed by atoms with E-state index in [1.54, 1.807) is 46.8 Å². The number of benzene rings is 2. The number of fused-ring (bicyclic) bond motifs is 1. The summed E-state index contributed by atoms with van der Waals surface area (Å²) < 4.78 is 18.4. The Bertz CT molecular complexity index is 1250. The summed E-state index contributed by atoms with van der Waals surface area (Å²) in [5, 5.41) is 0.222. The zero-order valence-electron chi connectivity index (χ0n) is 19.5. The predicted molar refractivity (Wildman–Crippen MR) is 126 cm³/mol. The fraction of sp³-hybridized carbons (Fsp3) is 0.346. The highest BCUT2D eigenvalue weighted by Crippen LogP contribution is 2.31. The Morgan fingerprint density at radius 1 is 1.12 bits per heavy atom. The maximum atomic E-state index is 13.2. The molecule has 0 atom stereocenters. The summed E-state index contributed by atoms with van der Waals surface area (Å²) in [5.74, 6) is 2.86. The SMILES string of the molecule is C#CC(C)(C)Oc1cc(OCc2ccccc2)cc2ncn(COC(=O)C(C)(C)C)c(=O)c12. The molecule has 1 heterocycles. The van der Waals surface area contributed by atoms with Gasteiger partial charge in [-0.05, 0) is 40.2 Å². The first kappa shape index (κ1) is 23.9. The molecule has 7 heteroatoms. The van der Waals surface area contributed by atoms with Crippen LogP contribution in [0.15, 0.2) is 53.6 Å². The number of esters is 1. The highest BCUT2D eigenvalue weighted by molar-refractivity contribution is 5.86. The molecule has 172 valence electrons. The van der Waals surface area contributed by atoms with E-state index in [-0.39, 0.29) is 17.9 Å². The molecule has 0 amide bonds. The number of carbonyl (C=O) groups is 1. The van der Waals surface area contributed by atoms with E-state index in [9.17, 15) is 9.59 Å². The molecule has 0 aliphatic rings. The van der Waals surface area contributed by atoms with Crippen LogP contribution in [0, 0.1) is 17.8 Å². The van der Waals surface area contributed by atoms with Crippen LogP contribution in [0.1, 0.15) is 40.2 Å². The van der Waals surface area contributed by atoms with Crippen molar-refractivity contribution in [2.75, 3.05) is 0 Å². The monoisotopic (exact) mass is 448 g/mol. The van der Waals surface area contributed by atoms with Gasteiger partial charge < -0.3 is 14.2 Å². The second-order valence-electron chi connectivity index (χ2n) is 9.18. The van der Waals surface area contributed by atoms with Crippen LogP contribution in [-0.4, -0.2) is 21.1 Å². The van der Waals surface area contributed by atoms with E-state index in [0.29, 0.717) is 17.9 Å². The summed E-state index contributed by atoms with van der Waals surface area (Å²) in [4.78, 5) is 29.7. The molecule has 0 N–H and O–H groups in total. The summed E-state index contributed by atoms with van der Waals surface area (Å²) in [5.41, 5.74) is -0.709. The number of hydrogen-bond donors (Lipinski definition) is 0. The maximum absolute atomic E-state index is 13.2. The lowest BCUT2D eigenvalue weighted by atomic mass is 9.98. The normalized spacial score (nSPS) is 11.6. The summed E-state index contributed by atoms with van der Waals surface area (Å²) in [7, 11) is 0. The average Bonchev–Trinajstić information content (AvgIpc) is 2.76. The van der Waals surface area contributed by atoms with Gasteiger partial charge in [0.1, 0.15) is 29.8 Å². The van der Waals surface area contributed by atoms with E-state index >= 15 is 0 Å². The van der Waals surface area contributed by atoms with E-state index in [2.05, 4.69) is 10.9 Å². The van der Waals surface area contributed by atoms with Crippen molar-refractivity contribution in [2.45, 2.75) is 53.6 Å². The molecular formula is C26H28N2O5. The lowest BCUT2D eigenvalue weighted by Crippen LogP contribution is -2.29. The quantitative estimate of drug-likeness (QED) is 0.396. The highest BCUT2D eigenvalue weighted by Gasteiger charge is 2.24. The second kappa shape index (κ2) is 9.37. The van der Waals surface area contributed by atoms with Crippen molar-refractivity contribution < 1.29 is 19.0 Å². The molecule has 0 saturated carbocycles. The smallest absolute Gasteiger partial charge is 0.312 e. The minimum atomic E-state index is -0.975. The van der Waals surface area contributed by atoms with Crippen LogP contribution < -0.4 is 15.0 Å². The molecule has 0 aliphatic carbocycles. The average molecular weight is 449 g/mol. The van der Waals surface area contributed by atoms with Crippen LogP contribution in [0.5, 0.6) is 11.5 Å². The number of ether oxygens (including phenoxy) is 3. The van der Waals surface area contributed by atoms with Crippen LogP contribution >= 0.6 is 0 Å². The van der Waals surface area contributed by atoms with Gasteiger partial charge in [0, 0.05) is 12.1 Å². The van der Waals surface area contributed by atoms with Crippen molar-refractivity contribution in [1.29, 1.82) is 0 Å². The standard InChI is InChI=1S/C26H28N2O5/c1-7-26(5,6)33-21-14-19(31-15-18-11-9-8-10-12-18)13-20-22(21)23(29)28(16-27-20)17-32-24(30)25(2,3)4/h1,8-14,16H,15,17H2,2-6H3. The number of aromatic nitrogens is 2. The molecule has 0 unspecified atom stereocenters. The van der Waals surface area contributed by atoms with Crippen LogP contribution in [0.4, 0.5) is 0 Å². The van der Waals surface area contributed by atoms with Crippen LogP contribution in [0.25, 0.3) is 10.9 Å². The van der Waals surface area contributed by atoms with Gasteiger partial charge in [0.25, 0.3) is 5.56 Å². The van der Waals surface area contributed by atoms with Gasteiger partial charge in [-0.3, -0.25) is 14.2 Å². The van der Waals surface area contributed by atoms with Gasteiger partial charge in [0.05, 0.1) is 10.9 Å². The van der Waals surface area contributed by atoms with Crippen molar-refractivity contribution in [1.82, 2.24) is 9.55 Å². The zero-order valence-corrected chi connectivity index (χ0v) is 19.5. The predicted octanol–water partition coefficient (Wildman–Crippen LogP) is 4.31. The molecule has 0 radical (unpaired) electrons. The van der Waals surface area contributed by atoms with Crippen molar-refractivity contribution in [3.05, 3.63) is 64.7 Å². The van der Waals surface area contributed by atoms with Crippen molar-refractivity contribution >= 4 is 16.9 Å². The molecule has 2 aromatic carbocycles. The van der Waals surface area contributed by atoms with Gasteiger partial charge in [0.2, 0.25) is 0 Å². The van der Waals surface area contributed by atoms with Crippen LogP contribution in [-0.2, 0) is 22.9 Å². The number of rotatable bonds is 7. The molecule has 7 nitrogen and oxygen atoms in total. The fourth-order valence-electron chi connectivity index (χ4n) is 2.87. The molecule has 3 rings (SSSR count). The molecule has 0 spiro atoms. The third-order valence-corrected chi connectivity index (χ3v) is 4.77. The maximum Gasteiger partial charge on any atom is 0.312 e. The Kier molecular flexibility index (Phi) is 6.78. The van der Waals surface area contributed by atoms with Crippen molar-refractivity contribution in [3.8, 4) is 23.8 Å². The first-order chi connectivity index (χ1) is 15.5. The summed E-state index contributed by atoms with van der Waals surface area (Å²) in [6.45, 7) is 8.73. The Morgan fingerprint density at radius 3 is 2.45 bits per heavy atom. The number of hydrogen-bond acceptors (Lipinski definition) is 6. The van der Waals surface area contributed by atoms with Crippen LogP contribution in [0.2, 0.25) is 0 Å². The van der Waals surface area contributed by atoms with Crippen molar-refractivity contribution in [2.24, 2.45) is 5.41 Å². The topological polar surface area (TPSA) is 79.7 Å². The summed E-state index contributed by atoms with van der Waals surface area (Å²) >= 11 is 0. The molecule has 0 aliphatic heterocycles. The lowest BCUT2D eigenvalue weighted by Gasteiger charge is -2.22. The summed E-state index contributed by atoms with van der Waals surface area (Å²) in [6.07, 6.45) is 6.93. The van der Waals surface area contributed by atoms with Crippen molar-refractivity contribution in [3.63, 3.8) is 0 Å². The Balaban J connectivity index is 2.00. The number of terminal acetylenes is 1. The minimum Gasteiger partial charge on any atom is -0.489 e. The third-order valence-electron chi connectivity index (χ3n) is 4.77. The molecule has 3 aromatic rings. The minimum absolute atomic E-state index is 0.222. The van der Waals surface area contributed by atoms with E-state index < -0.39 is 22.5 Å². The van der Waals surface area contributed by atoms with Gasteiger partial charge in [0.15, 0.2) is 12.3 Å². The Morgan fingerprint density at radius 2 is 1.82 bits per heavy atom. The molecule has 1 aromatic heterocycles. The largest absolute Gasteiger partial charge is 0.489 e. The summed E-state index contributed by atoms with van der Waals surface area (Å²) in [6, 6.07) is 13.0. The van der Waals surface area contributed by atoms with Gasteiger partial charge in [-0.25, -0.2) is 4.98 Å². The lowest BCUT2D eigenvalue weighted by molar-refractivity contribution is -0.157. The van der Waals surface area contributed by atoms with E-state index in [1.165, 1.54) is 10.9 Å². The van der Waals surface area contributed by atoms with E-state index in [0.717, 1.165) is 5.56 Å². The Hall–Kier alpha value is -3.79. The molecule has 0 saturated heterocycles. The van der Waals surface area contributed by atoms with Gasteiger partial charge in [-0.1, -0.05) is 36.3 Å². The third kappa shape index (κ3) is 5.92. The second-order valence-corrected chi connectivity index (χ2v) is 9.18. The molecule has 33 heavy (non-hydrogen) atoms. The van der Waals surface area contributed by atoms with Gasteiger partial charge in [-0.2, -0.15) is 0 Å². The Labute approximate surface area is 193 Å². The molecule has 0 fully saturated rings. The van der Waals surface area contributed by atoms with Crippen LogP contribution in [0.3, 0.4) is 0 Å². The number of carbonyl (C=O) groups excluding carboxylic acids is 1. The fourth-order valence-corrected chi connectivity index (χ4v) is 2.87. The van der Waals surface area contributed by atoms with E-state index in [4.69, 9.17) is 20.6 Å². The first-order valence-corrected chi connectivity index (χ1v) is 10.5. The van der Waals surface area contributed by atoms with Gasteiger partial charge >= 0.3 is 5.97 Å². The first-order valence-electron chi connectivity index (χ1n) is 10.5. The molecular weight excluding hydrogens is 420 g/mol. The molecule has 0 bridgehead atoms. The highest BCUT2D eigenvalue weighted by atomic mass is 16.5. The van der Waals surface area contributed by atoms with E-state index in [1.807, 2.05) is 30.3 Å².